The first-order valence-electron chi connectivity index (χ1n) is 5.72. The smallest absolute Gasteiger partial charge is 0.255 e. The lowest BCUT2D eigenvalue weighted by Gasteiger charge is -2.12. The van der Waals surface area contributed by atoms with Crippen molar-refractivity contribution in [3.8, 4) is 6.07 Å². The molecule has 3 nitrogen and oxygen atoms in total. The van der Waals surface area contributed by atoms with Crippen LogP contribution in [0.5, 0.6) is 0 Å². The van der Waals surface area contributed by atoms with E-state index in [-0.39, 0.29) is 5.56 Å². The number of carbonyl (C=O) groups excluding carboxylic acids is 1. The first-order chi connectivity index (χ1) is 9.22. The van der Waals surface area contributed by atoms with E-state index in [1.54, 1.807) is 30.3 Å². The Kier molecular flexibility index (Phi) is 3.89. The average Bonchev–Trinajstić information content (AvgIpc) is 2.46. The summed E-state index contributed by atoms with van der Waals surface area (Å²) in [6, 6.07) is 15.7. The third kappa shape index (κ3) is 2.96. The maximum atomic E-state index is 13.5. The molecule has 1 amide bonds. The van der Waals surface area contributed by atoms with Gasteiger partial charge in [-0.15, -0.1) is 0 Å². The lowest BCUT2D eigenvalue weighted by molar-refractivity contribution is 0.0941. The van der Waals surface area contributed by atoms with E-state index in [2.05, 4.69) is 5.32 Å². The van der Waals surface area contributed by atoms with Gasteiger partial charge in [0.1, 0.15) is 11.9 Å². The Morgan fingerprint density at radius 1 is 1.11 bits per heavy atom. The molecule has 0 spiro atoms. The van der Waals surface area contributed by atoms with Gasteiger partial charge >= 0.3 is 0 Å². The van der Waals surface area contributed by atoms with Gasteiger partial charge < -0.3 is 5.32 Å². The van der Waals surface area contributed by atoms with Gasteiger partial charge in [0.25, 0.3) is 5.91 Å². The number of benzene rings is 2. The van der Waals surface area contributed by atoms with Crippen LogP contribution in [0.4, 0.5) is 4.39 Å². The van der Waals surface area contributed by atoms with Crippen molar-refractivity contribution in [2.24, 2.45) is 0 Å². The summed E-state index contributed by atoms with van der Waals surface area (Å²) in [6.45, 7) is 0. The zero-order valence-corrected chi connectivity index (χ0v) is 10.0. The highest BCUT2D eigenvalue weighted by molar-refractivity contribution is 5.94. The van der Waals surface area contributed by atoms with Gasteiger partial charge in [-0.2, -0.15) is 5.26 Å². The van der Waals surface area contributed by atoms with Crippen LogP contribution in [0.25, 0.3) is 0 Å². The van der Waals surface area contributed by atoms with Gasteiger partial charge in [0.05, 0.1) is 11.6 Å². The van der Waals surface area contributed by atoms with Crippen LogP contribution in [0.3, 0.4) is 0 Å². The van der Waals surface area contributed by atoms with Crippen molar-refractivity contribution in [2.75, 3.05) is 0 Å². The van der Waals surface area contributed by atoms with E-state index in [0.717, 1.165) is 0 Å². The third-order valence-corrected chi connectivity index (χ3v) is 2.66. The SMILES string of the molecule is N#CC(NC(=O)c1ccccc1F)c1ccccc1. The number of rotatable bonds is 3. The Morgan fingerprint density at radius 2 is 1.74 bits per heavy atom. The molecule has 2 rings (SSSR count). The van der Waals surface area contributed by atoms with Gasteiger partial charge in [-0.25, -0.2) is 4.39 Å². The Balaban J connectivity index is 2.19. The van der Waals surface area contributed by atoms with E-state index in [0.29, 0.717) is 5.56 Å². The molecule has 0 radical (unpaired) electrons. The molecule has 0 fully saturated rings. The van der Waals surface area contributed by atoms with E-state index in [9.17, 15) is 9.18 Å². The van der Waals surface area contributed by atoms with Gasteiger partial charge in [0.15, 0.2) is 0 Å². The molecule has 2 aromatic carbocycles. The lowest BCUT2D eigenvalue weighted by atomic mass is 10.1. The van der Waals surface area contributed by atoms with Gasteiger partial charge in [-0.3, -0.25) is 4.79 Å². The van der Waals surface area contributed by atoms with E-state index in [4.69, 9.17) is 5.26 Å². The normalized spacial score (nSPS) is 11.4. The number of nitrogens with zero attached hydrogens (tertiary/aromatic N) is 1. The second-order valence-electron chi connectivity index (χ2n) is 3.93. The molecule has 0 heterocycles. The topological polar surface area (TPSA) is 52.9 Å². The van der Waals surface area contributed by atoms with E-state index < -0.39 is 17.8 Å². The zero-order valence-electron chi connectivity index (χ0n) is 10.0. The Morgan fingerprint density at radius 3 is 2.37 bits per heavy atom. The fraction of sp³-hybridized carbons (Fsp3) is 0.0667. The predicted molar refractivity (Wildman–Crippen MR) is 68.7 cm³/mol. The fourth-order valence-corrected chi connectivity index (χ4v) is 1.69. The molecule has 4 heteroatoms. The number of halogens is 1. The molecule has 0 saturated carbocycles. The molecular formula is C15H11FN2O. The maximum absolute atomic E-state index is 13.5. The molecule has 0 aliphatic rings. The van der Waals surface area contributed by atoms with E-state index in [1.165, 1.54) is 18.2 Å². The maximum Gasteiger partial charge on any atom is 0.255 e. The highest BCUT2D eigenvalue weighted by Crippen LogP contribution is 2.13. The Bertz CT molecular complexity index is 620. The van der Waals surface area contributed by atoms with Crippen molar-refractivity contribution in [1.82, 2.24) is 5.32 Å². The third-order valence-electron chi connectivity index (χ3n) is 2.66. The van der Waals surface area contributed by atoms with Crippen LogP contribution in [0.2, 0.25) is 0 Å². The molecule has 19 heavy (non-hydrogen) atoms. The average molecular weight is 254 g/mol. The zero-order chi connectivity index (χ0) is 13.7. The fourth-order valence-electron chi connectivity index (χ4n) is 1.69. The minimum absolute atomic E-state index is 0.0707. The summed E-state index contributed by atoms with van der Waals surface area (Å²) in [5.41, 5.74) is 0.591. The van der Waals surface area contributed by atoms with Crippen LogP contribution in [0.15, 0.2) is 54.6 Å². The molecule has 1 atom stereocenters. The van der Waals surface area contributed by atoms with E-state index in [1.807, 2.05) is 12.1 Å². The molecule has 94 valence electrons. The number of hydrogen-bond donors (Lipinski definition) is 1. The molecule has 0 bridgehead atoms. The van der Waals surface area contributed by atoms with Crippen LogP contribution in [-0.4, -0.2) is 5.91 Å². The summed E-state index contributed by atoms with van der Waals surface area (Å²) in [5, 5.41) is 11.6. The van der Waals surface area contributed by atoms with Crippen molar-refractivity contribution < 1.29 is 9.18 Å². The summed E-state index contributed by atoms with van der Waals surface area (Å²) < 4.78 is 13.5. The predicted octanol–water partition coefficient (Wildman–Crippen LogP) is 2.82. The van der Waals surface area contributed by atoms with Gasteiger partial charge in [0, 0.05) is 0 Å². The number of nitriles is 1. The van der Waals surface area contributed by atoms with Crippen LogP contribution in [-0.2, 0) is 0 Å². The standard InChI is InChI=1S/C15H11FN2O/c16-13-9-5-4-8-12(13)15(19)18-14(10-17)11-6-2-1-3-7-11/h1-9,14H,(H,18,19). The first-order valence-corrected chi connectivity index (χ1v) is 5.72. The monoisotopic (exact) mass is 254 g/mol. The van der Waals surface area contributed by atoms with Crippen LogP contribution in [0, 0.1) is 17.1 Å². The van der Waals surface area contributed by atoms with Gasteiger partial charge in [-0.1, -0.05) is 42.5 Å². The van der Waals surface area contributed by atoms with Crippen molar-refractivity contribution >= 4 is 5.91 Å². The van der Waals surface area contributed by atoms with Crippen molar-refractivity contribution in [3.63, 3.8) is 0 Å². The Labute approximate surface area is 110 Å². The molecule has 0 aromatic heterocycles. The van der Waals surface area contributed by atoms with Crippen LogP contribution in [0.1, 0.15) is 22.0 Å². The Hall–Kier alpha value is -2.67. The van der Waals surface area contributed by atoms with Crippen molar-refractivity contribution in [2.45, 2.75) is 6.04 Å². The molecule has 1 N–H and O–H groups in total. The molecular weight excluding hydrogens is 243 g/mol. The number of hydrogen-bond acceptors (Lipinski definition) is 2. The number of nitrogens with one attached hydrogen (secondary N) is 1. The second-order valence-corrected chi connectivity index (χ2v) is 3.93. The highest BCUT2D eigenvalue weighted by Gasteiger charge is 2.16. The molecule has 0 aliphatic carbocycles. The molecule has 1 unspecified atom stereocenters. The molecule has 0 saturated heterocycles. The lowest BCUT2D eigenvalue weighted by Crippen LogP contribution is -2.28. The van der Waals surface area contributed by atoms with Crippen molar-refractivity contribution in [1.29, 1.82) is 5.26 Å². The largest absolute Gasteiger partial charge is 0.332 e. The van der Waals surface area contributed by atoms with Crippen LogP contribution < -0.4 is 5.32 Å². The minimum atomic E-state index is -0.798. The second kappa shape index (κ2) is 5.78. The first kappa shape index (κ1) is 12.8. The molecule has 2 aromatic rings. The van der Waals surface area contributed by atoms with Gasteiger partial charge in [-0.05, 0) is 17.7 Å². The summed E-state index contributed by atoms with van der Waals surface area (Å²) in [6.07, 6.45) is 0. The summed E-state index contributed by atoms with van der Waals surface area (Å²) >= 11 is 0. The number of carbonyl (C=O) groups is 1. The van der Waals surface area contributed by atoms with Gasteiger partial charge in [0.2, 0.25) is 0 Å². The van der Waals surface area contributed by atoms with Crippen LogP contribution >= 0.6 is 0 Å². The quantitative estimate of drug-likeness (QED) is 0.915. The van der Waals surface area contributed by atoms with E-state index >= 15 is 0 Å². The minimum Gasteiger partial charge on any atom is -0.332 e. The summed E-state index contributed by atoms with van der Waals surface area (Å²) in [4.78, 5) is 11.9. The highest BCUT2D eigenvalue weighted by atomic mass is 19.1. The number of amides is 1. The molecule has 0 aliphatic heterocycles. The van der Waals surface area contributed by atoms with Crippen molar-refractivity contribution in [3.05, 3.63) is 71.5 Å². The summed E-state index contributed by atoms with van der Waals surface area (Å²) in [5.74, 6) is -1.21. The summed E-state index contributed by atoms with van der Waals surface area (Å²) in [7, 11) is 0.